The highest BCUT2D eigenvalue weighted by Gasteiger charge is 2.22. The van der Waals surface area contributed by atoms with Gasteiger partial charge in [0.25, 0.3) is 0 Å². The summed E-state index contributed by atoms with van der Waals surface area (Å²) in [6.07, 6.45) is 3.23. The summed E-state index contributed by atoms with van der Waals surface area (Å²) < 4.78 is 5.04. The SMILES string of the molecule is CCNC(=NCC(=O)NC1CC1)NCCN(C)CCCOC.I. The number of nitrogens with zero attached hydrogens (tertiary/aromatic N) is 2. The van der Waals surface area contributed by atoms with Gasteiger partial charge in [-0.1, -0.05) is 0 Å². The van der Waals surface area contributed by atoms with Gasteiger partial charge in [-0.2, -0.15) is 0 Å². The van der Waals surface area contributed by atoms with E-state index in [9.17, 15) is 4.79 Å². The minimum Gasteiger partial charge on any atom is -0.385 e. The summed E-state index contributed by atoms with van der Waals surface area (Å²) in [7, 11) is 3.81. The number of carbonyl (C=O) groups excluding carboxylic acids is 1. The van der Waals surface area contributed by atoms with Gasteiger partial charge in [-0.25, -0.2) is 4.99 Å². The lowest BCUT2D eigenvalue weighted by atomic mass is 10.4. The Bertz CT molecular complexity index is 351. The normalized spacial score (nSPS) is 14.3. The number of guanidine groups is 1. The average molecular weight is 441 g/mol. The van der Waals surface area contributed by atoms with Crippen LogP contribution in [0.4, 0.5) is 0 Å². The molecule has 0 radical (unpaired) electrons. The zero-order valence-corrected chi connectivity index (χ0v) is 16.9. The Kier molecular flexibility index (Phi) is 13.4. The third kappa shape index (κ3) is 12.5. The summed E-state index contributed by atoms with van der Waals surface area (Å²) in [5.74, 6) is 0.690. The number of ether oxygens (including phenoxy) is 1. The van der Waals surface area contributed by atoms with Crippen molar-refractivity contribution >= 4 is 35.8 Å². The monoisotopic (exact) mass is 441 g/mol. The van der Waals surface area contributed by atoms with Gasteiger partial charge in [0, 0.05) is 45.9 Å². The van der Waals surface area contributed by atoms with Crippen LogP contribution in [0.1, 0.15) is 26.2 Å². The van der Waals surface area contributed by atoms with Crippen molar-refractivity contribution in [2.75, 3.05) is 53.5 Å². The predicted molar refractivity (Wildman–Crippen MR) is 105 cm³/mol. The molecule has 0 atom stereocenters. The maximum atomic E-state index is 11.6. The summed E-state index contributed by atoms with van der Waals surface area (Å²) in [5.41, 5.74) is 0. The topological polar surface area (TPSA) is 78.0 Å². The molecule has 8 heteroatoms. The molecule has 23 heavy (non-hydrogen) atoms. The van der Waals surface area contributed by atoms with Crippen LogP contribution in [0, 0.1) is 0 Å². The minimum absolute atomic E-state index is 0. The van der Waals surface area contributed by atoms with Crippen LogP contribution in [0.25, 0.3) is 0 Å². The Hall–Kier alpha value is -0.610. The molecule has 1 aliphatic carbocycles. The summed E-state index contributed by atoms with van der Waals surface area (Å²) in [6.45, 7) is 6.47. The van der Waals surface area contributed by atoms with E-state index in [1.807, 2.05) is 6.92 Å². The van der Waals surface area contributed by atoms with Crippen LogP contribution in [-0.4, -0.2) is 76.3 Å². The van der Waals surface area contributed by atoms with Gasteiger partial charge in [0.15, 0.2) is 5.96 Å². The Morgan fingerprint density at radius 3 is 2.65 bits per heavy atom. The number of amides is 1. The first-order valence-corrected chi connectivity index (χ1v) is 8.14. The standard InChI is InChI=1S/C15H31N5O2.HI/c1-4-16-15(18-12-14(21)19-13-6-7-13)17-8-10-20(2)9-5-11-22-3;/h13H,4-12H2,1-3H3,(H,19,21)(H2,16,17,18);1H. The molecule has 0 aromatic rings. The van der Waals surface area contributed by atoms with E-state index < -0.39 is 0 Å². The van der Waals surface area contributed by atoms with Crippen molar-refractivity contribution < 1.29 is 9.53 Å². The molecule has 1 aliphatic rings. The first-order chi connectivity index (χ1) is 10.7. The molecular formula is C15H32IN5O2. The van der Waals surface area contributed by atoms with Crippen LogP contribution < -0.4 is 16.0 Å². The van der Waals surface area contributed by atoms with Gasteiger partial charge in [0.2, 0.25) is 5.91 Å². The van der Waals surface area contributed by atoms with Crippen molar-refractivity contribution in [2.24, 2.45) is 4.99 Å². The second kappa shape index (κ2) is 13.8. The van der Waals surface area contributed by atoms with Crippen molar-refractivity contribution in [3.63, 3.8) is 0 Å². The lowest BCUT2D eigenvalue weighted by Crippen LogP contribution is -2.42. The lowest BCUT2D eigenvalue weighted by Gasteiger charge is -2.18. The highest BCUT2D eigenvalue weighted by molar-refractivity contribution is 14.0. The molecule has 1 fully saturated rings. The van der Waals surface area contributed by atoms with E-state index >= 15 is 0 Å². The molecule has 0 unspecified atom stereocenters. The second-order valence-corrected chi connectivity index (χ2v) is 5.61. The van der Waals surface area contributed by atoms with E-state index in [0.29, 0.717) is 12.0 Å². The van der Waals surface area contributed by atoms with Crippen LogP contribution in [0.2, 0.25) is 0 Å². The number of nitrogens with one attached hydrogen (secondary N) is 3. The number of likely N-dealkylation sites (N-methyl/N-ethyl adjacent to an activating group) is 1. The first kappa shape index (κ1) is 22.4. The van der Waals surface area contributed by atoms with E-state index in [2.05, 4.69) is 32.9 Å². The van der Waals surface area contributed by atoms with Crippen LogP contribution in [0.3, 0.4) is 0 Å². The maximum Gasteiger partial charge on any atom is 0.242 e. The largest absolute Gasteiger partial charge is 0.385 e. The fourth-order valence-corrected chi connectivity index (χ4v) is 1.95. The molecule has 7 nitrogen and oxygen atoms in total. The molecule has 0 bridgehead atoms. The third-order valence-electron chi connectivity index (χ3n) is 3.34. The minimum atomic E-state index is -0.00335. The number of halogens is 1. The highest BCUT2D eigenvalue weighted by Crippen LogP contribution is 2.18. The summed E-state index contributed by atoms with van der Waals surface area (Å²) in [5, 5.41) is 9.34. The van der Waals surface area contributed by atoms with Crippen molar-refractivity contribution in [2.45, 2.75) is 32.2 Å². The van der Waals surface area contributed by atoms with Gasteiger partial charge < -0.3 is 25.6 Å². The molecule has 0 spiro atoms. The lowest BCUT2D eigenvalue weighted by molar-refractivity contribution is -0.119. The third-order valence-corrected chi connectivity index (χ3v) is 3.34. The molecule has 0 aromatic carbocycles. The Balaban J connectivity index is 0.00000484. The number of carbonyl (C=O) groups is 1. The zero-order valence-electron chi connectivity index (χ0n) is 14.6. The van der Waals surface area contributed by atoms with E-state index in [0.717, 1.165) is 52.0 Å². The quantitative estimate of drug-likeness (QED) is 0.187. The number of rotatable bonds is 11. The predicted octanol–water partition coefficient (Wildman–Crippen LogP) is 0.406. The summed E-state index contributed by atoms with van der Waals surface area (Å²) >= 11 is 0. The second-order valence-electron chi connectivity index (χ2n) is 5.61. The average Bonchev–Trinajstić information content (AvgIpc) is 3.29. The molecule has 1 rings (SSSR count). The van der Waals surface area contributed by atoms with Gasteiger partial charge in [-0.15, -0.1) is 24.0 Å². The van der Waals surface area contributed by atoms with E-state index in [1.54, 1.807) is 7.11 Å². The number of hydrogen-bond acceptors (Lipinski definition) is 4. The summed E-state index contributed by atoms with van der Waals surface area (Å²) in [6, 6.07) is 0.388. The van der Waals surface area contributed by atoms with Gasteiger partial charge in [-0.05, 0) is 33.2 Å². The van der Waals surface area contributed by atoms with Gasteiger partial charge in [0.1, 0.15) is 6.54 Å². The van der Waals surface area contributed by atoms with Crippen molar-refractivity contribution in [1.82, 2.24) is 20.9 Å². The van der Waals surface area contributed by atoms with Crippen LogP contribution >= 0.6 is 24.0 Å². The molecule has 0 saturated heterocycles. The van der Waals surface area contributed by atoms with Crippen molar-refractivity contribution in [3.05, 3.63) is 0 Å². The molecular weight excluding hydrogens is 409 g/mol. The van der Waals surface area contributed by atoms with Gasteiger partial charge in [-0.3, -0.25) is 4.79 Å². The fraction of sp³-hybridized carbons (Fsp3) is 0.867. The van der Waals surface area contributed by atoms with Crippen LogP contribution in [-0.2, 0) is 9.53 Å². The Morgan fingerprint density at radius 1 is 1.30 bits per heavy atom. The number of methoxy groups -OCH3 is 1. The van der Waals surface area contributed by atoms with E-state index in [4.69, 9.17) is 4.74 Å². The fourth-order valence-electron chi connectivity index (χ4n) is 1.95. The molecule has 136 valence electrons. The van der Waals surface area contributed by atoms with Gasteiger partial charge >= 0.3 is 0 Å². The number of aliphatic imine (C=N–C) groups is 1. The van der Waals surface area contributed by atoms with E-state index in [1.165, 1.54) is 0 Å². The molecule has 1 amide bonds. The molecule has 0 aliphatic heterocycles. The zero-order chi connectivity index (χ0) is 16.2. The molecule has 1 saturated carbocycles. The number of hydrogen-bond donors (Lipinski definition) is 3. The molecule has 0 aromatic heterocycles. The summed E-state index contributed by atoms with van der Waals surface area (Å²) in [4.78, 5) is 18.2. The molecule has 3 N–H and O–H groups in total. The van der Waals surface area contributed by atoms with Crippen molar-refractivity contribution in [3.8, 4) is 0 Å². The Labute approximate surface area is 157 Å². The maximum absolute atomic E-state index is 11.6. The van der Waals surface area contributed by atoms with Crippen LogP contribution in [0.15, 0.2) is 4.99 Å². The van der Waals surface area contributed by atoms with E-state index in [-0.39, 0.29) is 36.4 Å². The van der Waals surface area contributed by atoms with Crippen LogP contribution in [0.5, 0.6) is 0 Å². The van der Waals surface area contributed by atoms with Crippen molar-refractivity contribution in [1.29, 1.82) is 0 Å². The smallest absolute Gasteiger partial charge is 0.242 e. The first-order valence-electron chi connectivity index (χ1n) is 8.14. The van der Waals surface area contributed by atoms with Gasteiger partial charge in [0.05, 0.1) is 0 Å². The highest BCUT2D eigenvalue weighted by atomic mass is 127. The Morgan fingerprint density at radius 2 is 2.04 bits per heavy atom. The molecule has 0 heterocycles.